The Morgan fingerprint density at radius 3 is 2.69 bits per heavy atom. The Bertz CT molecular complexity index is 274. The number of hydrogen-bond acceptors (Lipinski definition) is 4. The van der Waals surface area contributed by atoms with Crippen LogP contribution >= 0.6 is 0 Å². The number of oxazole rings is 1. The molecule has 0 unspecified atom stereocenters. The monoisotopic (exact) mass is 226 g/mol. The van der Waals surface area contributed by atoms with Gasteiger partial charge in [0.2, 0.25) is 0 Å². The first kappa shape index (κ1) is 13.0. The number of nitrogens with two attached hydrogens (primary N) is 1. The Hall–Kier alpha value is -1.03. The molecular weight excluding hydrogens is 204 g/mol. The molecule has 0 fully saturated rings. The molecule has 0 aliphatic rings. The molecule has 0 saturated heterocycles. The van der Waals surface area contributed by atoms with E-state index in [1.54, 1.807) is 0 Å². The van der Waals surface area contributed by atoms with E-state index in [9.17, 15) is 0 Å². The maximum Gasteiger partial charge on any atom is 0.393 e. The lowest BCUT2D eigenvalue weighted by molar-refractivity contribution is 0.224. The fourth-order valence-electron chi connectivity index (χ4n) is 1.49. The second-order valence-electron chi connectivity index (χ2n) is 3.93. The zero-order valence-electron chi connectivity index (χ0n) is 10.1. The first-order chi connectivity index (χ1) is 7.86. The van der Waals surface area contributed by atoms with Gasteiger partial charge in [-0.3, -0.25) is 0 Å². The fraction of sp³-hybridized carbons (Fsp3) is 0.750. The molecule has 1 aromatic heterocycles. The van der Waals surface area contributed by atoms with Crippen molar-refractivity contribution in [2.75, 3.05) is 6.61 Å². The molecule has 0 bridgehead atoms. The van der Waals surface area contributed by atoms with Crippen LogP contribution in [0.5, 0.6) is 6.08 Å². The van der Waals surface area contributed by atoms with E-state index in [0.29, 0.717) is 19.2 Å². The van der Waals surface area contributed by atoms with Crippen LogP contribution < -0.4 is 10.5 Å². The molecule has 1 rings (SSSR count). The molecule has 0 spiro atoms. The summed E-state index contributed by atoms with van der Waals surface area (Å²) in [5.74, 6) is 0. The van der Waals surface area contributed by atoms with Crippen LogP contribution in [0.4, 0.5) is 0 Å². The molecule has 16 heavy (non-hydrogen) atoms. The van der Waals surface area contributed by atoms with E-state index >= 15 is 0 Å². The molecule has 4 heteroatoms. The summed E-state index contributed by atoms with van der Waals surface area (Å²) in [6, 6.07) is 0. The molecule has 1 heterocycles. The average Bonchev–Trinajstić information content (AvgIpc) is 2.76. The minimum absolute atomic E-state index is 0.342. The number of nitrogens with zero attached hydrogens (tertiary/aromatic N) is 1. The molecule has 0 amide bonds. The van der Waals surface area contributed by atoms with Crippen LogP contribution in [-0.2, 0) is 6.54 Å². The topological polar surface area (TPSA) is 61.3 Å². The number of hydrogen-bond donors (Lipinski definition) is 1. The smallest absolute Gasteiger partial charge is 0.393 e. The van der Waals surface area contributed by atoms with Crippen molar-refractivity contribution in [3.8, 4) is 6.08 Å². The van der Waals surface area contributed by atoms with Crippen LogP contribution in [0.25, 0.3) is 0 Å². The van der Waals surface area contributed by atoms with E-state index in [1.807, 2.05) is 0 Å². The van der Waals surface area contributed by atoms with Crippen molar-refractivity contribution in [1.29, 1.82) is 0 Å². The van der Waals surface area contributed by atoms with Crippen molar-refractivity contribution < 1.29 is 9.15 Å². The van der Waals surface area contributed by atoms with E-state index in [0.717, 1.165) is 12.1 Å². The van der Waals surface area contributed by atoms with Gasteiger partial charge in [-0.2, -0.15) is 4.98 Å². The number of unbranched alkanes of at least 4 members (excludes halogenated alkanes) is 5. The van der Waals surface area contributed by atoms with Crippen LogP contribution in [0.3, 0.4) is 0 Å². The van der Waals surface area contributed by atoms with E-state index in [4.69, 9.17) is 14.9 Å². The lowest BCUT2D eigenvalue weighted by atomic mass is 10.1. The minimum Gasteiger partial charge on any atom is -0.450 e. The van der Waals surface area contributed by atoms with E-state index in [2.05, 4.69) is 11.9 Å². The van der Waals surface area contributed by atoms with E-state index < -0.39 is 0 Å². The summed E-state index contributed by atoms with van der Waals surface area (Å²) in [4.78, 5) is 4.06. The van der Waals surface area contributed by atoms with Gasteiger partial charge in [-0.15, -0.1) is 0 Å². The van der Waals surface area contributed by atoms with Gasteiger partial charge < -0.3 is 14.9 Å². The van der Waals surface area contributed by atoms with Crippen molar-refractivity contribution >= 4 is 0 Å². The van der Waals surface area contributed by atoms with Crippen LogP contribution in [-0.4, -0.2) is 11.6 Å². The van der Waals surface area contributed by atoms with Crippen molar-refractivity contribution in [2.24, 2.45) is 5.73 Å². The fourth-order valence-corrected chi connectivity index (χ4v) is 1.49. The third-order valence-corrected chi connectivity index (χ3v) is 2.46. The second kappa shape index (κ2) is 8.16. The Morgan fingerprint density at radius 2 is 2.00 bits per heavy atom. The summed E-state index contributed by atoms with van der Waals surface area (Å²) < 4.78 is 10.4. The molecule has 0 aliphatic carbocycles. The number of aromatic nitrogens is 1. The van der Waals surface area contributed by atoms with Crippen molar-refractivity contribution in [2.45, 2.75) is 52.0 Å². The summed E-state index contributed by atoms with van der Waals surface area (Å²) in [6.07, 6.45) is 9.39. The Balaban J connectivity index is 1.98. The highest BCUT2D eigenvalue weighted by Crippen LogP contribution is 2.11. The molecule has 0 atom stereocenters. The summed E-state index contributed by atoms with van der Waals surface area (Å²) in [5, 5.41) is 0. The van der Waals surface area contributed by atoms with Gasteiger partial charge in [0.05, 0.1) is 12.3 Å². The molecule has 1 aromatic rings. The van der Waals surface area contributed by atoms with Gasteiger partial charge in [0.15, 0.2) is 0 Å². The molecule has 0 aliphatic heterocycles. The molecule has 0 saturated carbocycles. The highest BCUT2D eigenvalue weighted by Gasteiger charge is 2.02. The Morgan fingerprint density at radius 1 is 1.25 bits per heavy atom. The first-order valence-electron chi connectivity index (χ1n) is 6.14. The normalized spacial score (nSPS) is 10.6. The maximum atomic E-state index is 5.41. The third kappa shape index (κ3) is 5.16. The van der Waals surface area contributed by atoms with Gasteiger partial charge in [0.25, 0.3) is 0 Å². The number of ether oxygens (including phenoxy) is 1. The summed E-state index contributed by atoms with van der Waals surface area (Å²) in [6.45, 7) is 3.29. The third-order valence-electron chi connectivity index (χ3n) is 2.46. The lowest BCUT2D eigenvalue weighted by Crippen LogP contribution is -1.99. The van der Waals surface area contributed by atoms with Crippen LogP contribution in [0.15, 0.2) is 10.7 Å². The van der Waals surface area contributed by atoms with Crippen LogP contribution in [0, 0.1) is 0 Å². The number of rotatable bonds is 9. The van der Waals surface area contributed by atoms with Gasteiger partial charge in [-0.25, -0.2) is 0 Å². The SMILES string of the molecule is CCCCCCCCOc1nc(CN)co1. The quantitative estimate of drug-likeness (QED) is 0.658. The van der Waals surface area contributed by atoms with Crippen molar-refractivity contribution in [3.05, 3.63) is 12.0 Å². The molecule has 0 radical (unpaired) electrons. The average molecular weight is 226 g/mol. The highest BCUT2D eigenvalue weighted by molar-refractivity contribution is 4.98. The standard InChI is InChI=1S/C12H22N2O2/c1-2-3-4-5-6-7-8-15-12-14-11(9-13)10-16-12/h10H,2-9,13H2,1H3. The highest BCUT2D eigenvalue weighted by atomic mass is 16.6. The van der Waals surface area contributed by atoms with E-state index in [1.165, 1.54) is 38.4 Å². The van der Waals surface area contributed by atoms with Gasteiger partial charge in [0, 0.05) is 6.54 Å². The lowest BCUT2D eigenvalue weighted by Gasteiger charge is -2.01. The van der Waals surface area contributed by atoms with Crippen LogP contribution in [0.2, 0.25) is 0 Å². The first-order valence-corrected chi connectivity index (χ1v) is 6.14. The summed E-state index contributed by atoms with van der Waals surface area (Å²) in [7, 11) is 0. The van der Waals surface area contributed by atoms with E-state index in [-0.39, 0.29) is 0 Å². The molecule has 92 valence electrons. The Labute approximate surface area is 97.2 Å². The predicted molar refractivity (Wildman–Crippen MR) is 63.3 cm³/mol. The van der Waals surface area contributed by atoms with Crippen LogP contribution in [0.1, 0.15) is 51.1 Å². The summed E-state index contributed by atoms with van der Waals surface area (Å²) >= 11 is 0. The van der Waals surface area contributed by atoms with Crippen molar-refractivity contribution in [3.63, 3.8) is 0 Å². The molecular formula is C12H22N2O2. The van der Waals surface area contributed by atoms with Gasteiger partial charge in [0.1, 0.15) is 6.26 Å². The van der Waals surface area contributed by atoms with Crippen molar-refractivity contribution in [1.82, 2.24) is 4.98 Å². The zero-order chi connectivity index (χ0) is 11.6. The van der Waals surface area contributed by atoms with Gasteiger partial charge >= 0.3 is 6.08 Å². The zero-order valence-corrected chi connectivity index (χ0v) is 10.1. The predicted octanol–water partition coefficient (Wildman–Crippen LogP) is 2.87. The maximum absolute atomic E-state index is 5.41. The summed E-state index contributed by atoms with van der Waals surface area (Å²) in [5.41, 5.74) is 6.14. The molecule has 4 nitrogen and oxygen atoms in total. The van der Waals surface area contributed by atoms with Gasteiger partial charge in [-0.1, -0.05) is 39.0 Å². The second-order valence-corrected chi connectivity index (χ2v) is 3.93. The largest absolute Gasteiger partial charge is 0.450 e. The van der Waals surface area contributed by atoms with Gasteiger partial charge in [-0.05, 0) is 6.42 Å². The Kier molecular flexibility index (Phi) is 6.65. The molecule has 2 N–H and O–H groups in total. The molecule has 0 aromatic carbocycles. The minimum atomic E-state index is 0.342.